The fourth-order valence-corrected chi connectivity index (χ4v) is 1.69. The lowest BCUT2D eigenvalue weighted by molar-refractivity contribution is 0.844. The van der Waals surface area contributed by atoms with Crippen LogP contribution in [0.25, 0.3) is 0 Å². The summed E-state index contributed by atoms with van der Waals surface area (Å²) in [7, 11) is 3.70. The Morgan fingerprint density at radius 2 is 1.84 bits per heavy atom. The normalized spacial score (nSPS) is 12.0. The molecule has 2 aromatic rings. The van der Waals surface area contributed by atoms with Crippen molar-refractivity contribution in [2.24, 2.45) is 0 Å². The van der Waals surface area contributed by atoms with Crippen molar-refractivity contribution in [3.05, 3.63) is 35.4 Å². The monoisotopic (exact) mass is 278 g/mol. The highest BCUT2D eigenvalue weighted by Crippen LogP contribution is 2.18. The lowest BCUT2D eigenvalue weighted by Gasteiger charge is -2.16. The van der Waals surface area contributed by atoms with Crippen molar-refractivity contribution in [1.82, 2.24) is 19.9 Å². The Bertz CT molecular complexity index is 545. The highest BCUT2D eigenvalue weighted by Gasteiger charge is 2.10. The lowest BCUT2D eigenvalue weighted by Crippen LogP contribution is -2.16. The summed E-state index contributed by atoms with van der Waals surface area (Å²) in [5.41, 5.74) is 1.10. The molecule has 1 atom stereocenters. The molecular weight excluding hydrogens is 264 g/mol. The first-order valence-corrected chi connectivity index (χ1v) is 6.19. The van der Waals surface area contributed by atoms with Gasteiger partial charge in [-0.3, -0.25) is 4.98 Å². The molecule has 19 heavy (non-hydrogen) atoms. The average molecular weight is 279 g/mol. The number of rotatable bonds is 4. The van der Waals surface area contributed by atoms with Gasteiger partial charge in [-0.2, -0.15) is 15.0 Å². The molecule has 0 saturated carbocycles. The van der Waals surface area contributed by atoms with Crippen LogP contribution < -0.4 is 10.2 Å². The van der Waals surface area contributed by atoms with Crippen LogP contribution in [0.5, 0.6) is 0 Å². The predicted molar refractivity (Wildman–Crippen MR) is 75.4 cm³/mol. The number of anilines is 2. The Hall–Kier alpha value is -1.95. The summed E-state index contributed by atoms with van der Waals surface area (Å²) >= 11 is 5.88. The first-order chi connectivity index (χ1) is 9.06. The zero-order chi connectivity index (χ0) is 13.8. The minimum absolute atomic E-state index is 0.0523. The molecule has 100 valence electrons. The highest BCUT2D eigenvalue weighted by molar-refractivity contribution is 6.28. The minimum Gasteiger partial charge on any atom is -0.348 e. The van der Waals surface area contributed by atoms with Gasteiger partial charge in [-0.25, -0.2) is 0 Å². The van der Waals surface area contributed by atoms with Crippen molar-refractivity contribution in [2.45, 2.75) is 13.0 Å². The smallest absolute Gasteiger partial charge is 0.230 e. The van der Waals surface area contributed by atoms with Gasteiger partial charge in [0.2, 0.25) is 17.2 Å². The first-order valence-electron chi connectivity index (χ1n) is 5.81. The third-order valence-electron chi connectivity index (χ3n) is 2.55. The van der Waals surface area contributed by atoms with Crippen LogP contribution in [0.4, 0.5) is 11.9 Å². The summed E-state index contributed by atoms with van der Waals surface area (Å²) in [5.74, 6) is 0.970. The van der Waals surface area contributed by atoms with Crippen molar-refractivity contribution in [1.29, 1.82) is 0 Å². The molecule has 0 aromatic carbocycles. The molecule has 0 bridgehead atoms. The van der Waals surface area contributed by atoms with E-state index in [4.69, 9.17) is 11.6 Å². The molecular formula is C12H15ClN6. The van der Waals surface area contributed by atoms with E-state index in [1.807, 2.05) is 33.2 Å². The van der Waals surface area contributed by atoms with Crippen LogP contribution in [-0.2, 0) is 0 Å². The van der Waals surface area contributed by atoms with Crippen LogP contribution >= 0.6 is 11.6 Å². The second kappa shape index (κ2) is 5.79. The van der Waals surface area contributed by atoms with E-state index in [9.17, 15) is 0 Å². The van der Waals surface area contributed by atoms with Crippen molar-refractivity contribution in [2.75, 3.05) is 24.3 Å². The van der Waals surface area contributed by atoms with Crippen molar-refractivity contribution in [3.63, 3.8) is 0 Å². The lowest BCUT2D eigenvalue weighted by atomic mass is 10.1. The number of nitrogens with zero attached hydrogens (tertiary/aromatic N) is 5. The summed E-state index contributed by atoms with van der Waals surface area (Å²) in [6, 6.07) is 3.93. The number of pyridine rings is 1. The van der Waals surface area contributed by atoms with E-state index in [0.29, 0.717) is 11.9 Å². The third kappa shape index (κ3) is 3.51. The van der Waals surface area contributed by atoms with Gasteiger partial charge in [0.05, 0.1) is 6.04 Å². The molecule has 2 heterocycles. The largest absolute Gasteiger partial charge is 0.348 e. The minimum atomic E-state index is 0.0523. The summed E-state index contributed by atoms with van der Waals surface area (Å²) in [6.07, 6.45) is 3.50. The van der Waals surface area contributed by atoms with Gasteiger partial charge in [-0.05, 0) is 36.2 Å². The van der Waals surface area contributed by atoms with E-state index >= 15 is 0 Å². The second-order valence-corrected chi connectivity index (χ2v) is 4.61. The molecule has 1 unspecified atom stereocenters. The molecule has 1 N–H and O–H groups in total. The number of halogens is 1. The van der Waals surface area contributed by atoms with Crippen LogP contribution in [0.3, 0.4) is 0 Å². The molecule has 0 spiro atoms. The second-order valence-electron chi connectivity index (χ2n) is 4.27. The quantitative estimate of drug-likeness (QED) is 0.924. The molecule has 6 nitrogen and oxygen atoms in total. The topological polar surface area (TPSA) is 66.8 Å². The summed E-state index contributed by atoms with van der Waals surface area (Å²) < 4.78 is 0. The molecule has 0 radical (unpaired) electrons. The molecule has 0 aliphatic heterocycles. The van der Waals surface area contributed by atoms with Gasteiger partial charge >= 0.3 is 0 Å². The van der Waals surface area contributed by atoms with Gasteiger partial charge in [-0.1, -0.05) is 0 Å². The van der Waals surface area contributed by atoms with Crippen LogP contribution in [-0.4, -0.2) is 34.0 Å². The molecule has 2 rings (SSSR count). The number of nitrogens with one attached hydrogen (secondary N) is 1. The van der Waals surface area contributed by atoms with Gasteiger partial charge in [0.1, 0.15) is 0 Å². The van der Waals surface area contributed by atoms with Crippen LogP contribution in [0.15, 0.2) is 24.5 Å². The SMILES string of the molecule is CC(Nc1nc(Cl)nc(N(C)C)n1)c1ccncc1. The van der Waals surface area contributed by atoms with Gasteiger partial charge < -0.3 is 10.2 Å². The summed E-state index contributed by atoms with van der Waals surface area (Å²) in [4.78, 5) is 18.2. The van der Waals surface area contributed by atoms with Crippen LogP contribution in [0, 0.1) is 0 Å². The van der Waals surface area contributed by atoms with E-state index in [1.165, 1.54) is 0 Å². The molecule has 0 amide bonds. The standard InChI is InChI=1S/C12H15ClN6/c1-8(9-4-6-14-7-5-9)15-11-16-10(13)17-12(18-11)19(2)3/h4-8H,1-3H3,(H,15,16,17,18). The number of hydrogen-bond acceptors (Lipinski definition) is 6. The Labute approximate surface area is 116 Å². The van der Waals surface area contributed by atoms with Crippen molar-refractivity contribution >= 4 is 23.5 Å². The summed E-state index contributed by atoms with van der Waals surface area (Å²) in [6.45, 7) is 2.02. The van der Waals surface area contributed by atoms with E-state index in [-0.39, 0.29) is 11.3 Å². The maximum atomic E-state index is 5.88. The predicted octanol–water partition coefficient (Wildman–Crippen LogP) is 2.16. The van der Waals surface area contributed by atoms with Crippen molar-refractivity contribution in [3.8, 4) is 0 Å². The zero-order valence-corrected chi connectivity index (χ0v) is 11.8. The summed E-state index contributed by atoms with van der Waals surface area (Å²) in [5, 5.41) is 3.36. The molecule has 0 aliphatic carbocycles. The fraction of sp³-hybridized carbons (Fsp3) is 0.333. The Morgan fingerprint density at radius 3 is 2.47 bits per heavy atom. The maximum absolute atomic E-state index is 5.88. The Kier molecular flexibility index (Phi) is 4.11. The molecule has 2 aromatic heterocycles. The average Bonchev–Trinajstić information content (AvgIpc) is 2.39. The van der Waals surface area contributed by atoms with Crippen LogP contribution in [0.2, 0.25) is 5.28 Å². The number of aromatic nitrogens is 4. The zero-order valence-electron chi connectivity index (χ0n) is 11.0. The highest BCUT2D eigenvalue weighted by atomic mass is 35.5. The molecule has 0 fully saturated rings. The third-order valence-corrected chi connectivity index (χ3v) is 2.72. The van der Waals surface area contributed by atoms with Gasteiger partial charge in [-0.15, -0.1) is 0 Å². The first kappa shape index (κ1) is 13.5. The van der Waals surface area contributed by atoms with E-state index < -0.39 is 0 Å². The van der Waals surface area contributed by atoms with E-state index in [0.717, 1.165) is 5.56 Å². The van der Waals surface area contributed by atoms with E-state index in [1.54, 1.807) is 17.3 Å². The fourth-order valence-electron chi connectivity index (χ4n) is 1.53. The van der Waals surface area contributed by atoms with Gasteiger partial charge in [0.25, 0.3) is 0 Å². The van der Waals surface area contributed by atoms with Gasteiger partial charge in [0, 0.05) is 26.5 Å². The molecule has 7 heteroatoms. The van der Waals surface area contributed by atoms with Gasteiger partial charge in [0.15, 0.2) is 0 Å². The molecule has 0 saturated heterocycles. The van der Waals surface area contributed by atoms with Crippen LogP contribution in [0.1, 0.15) is 18.5 Å². The van der Waals surface area contributed by atoms with Crippen molar-refractivity contribution < 1.29 is 0 Å². The Balaban J connectivity index is 2.19. The Morgan fingerprint density at radius 1 is 1.16 bits per heavy atom. The molecule has 0 aliphatic rings. The number of hydrogen-bond donors (Lipinski definition) is 1. The van der Waals surface area contributed by atoms with E-state index in [2.05, 4.69) is 25.3 Å². The maximum Gasteiger partial charge on any atom is 0.230 e.